The Morgan fingerprint density at radius 2 is 1.85 bits per heavy atom. The van der Waals surface area contributed by atoms with Crippen molar-refractivity contribution in [3.8, 4) is 11.5 Å². The van der Waals surface area contributed by atoms with Gasteiger partial charge in [-0.2, -0.15) is 4.98 Å². The molecule has 4 rings (SSSR count). The fourth-order valence-corrected chi connectivity index (χ4v) is 4.18. The molecule has 1 amide bonds. The zero-order chi connectivity index (χ0) is 23.8. The lowest BCUT2D eigenvalue weighted by Gasteiger charge is -2.18. The third-order valence-corrected chi connectivity index (χ3v) is 6.24. The summed E-state index contributed by atoms with van der Waals surface area (Å²) in [4.78, 5) is 23.4. The number of rotatable bonds is 7. The van der Waals surface area contributed by atoms with Crippen LogP contribution in [-0.2, 0) is 22.9 Å². The van der Waals surface area contributed by atoms with Crippen LogP contribution in [0.4, 0.5) is 11.5 Å². The van der Waals surface area contributed by atoms with Gasteiger partial charge in [-0.15, -0.1) is 0 Å². The van der Waals surface area contributed by atoms with Crippen molar-refractivity contribution in [2.75, 3.05) is 25.8 Å². The molecule has 0 saturated carbocycles. The third kappa shape index (κ3) is 4.47. The van der Waals surface area contributed by atoms with Crippen LogP contribution in [0.15, 0.2) is 47.6 Å². The number of carbonyl (C=O) groups excluding carboxylic acids is 1. The molecule has 2 heterocycles. The standard InChI is InChI=1S/C23H24N4O5S/c1-14-7-5-6-8-17(14)24-21-20-18(25-23(26-21)33(4,29)30)13-27(22(20)28)12-15-9-10-16(31-2)11-19(15)32-3/h5-11H,12-13H2,1-4H3,(H,24,25,26). The molecule has 0 bridgehead atoms. The smallest absolute Gasteiger partial charge is 0.260 e. The molecular weight excluding hydrogens is 444 g/mol. The fourth-order valence-electron chi connectivity index (χ4n) is 3.65. The molecule has 0 atom stereocenters. The summed E-state index contributed by atoms with van der Waals surface area (Å²) in [6.45, 7) is 2.31. The number of sulfone groups is 1. The first-order chi connectivity index (χ1) is 15.7. The van der Waals surface area contributed by atoms with Crippen molar-refractivity contribution in [3.05, 3.63) is 64.8 Å². The van der Waals surface area contributed by atoms with E-state index in [0.717, 1.165) is 23.1 Å². The maximum atomic E-state index is 13.4. The predicted octanol–water partition coefficient (Wildman–Crippen LogP) is 3.11. The van der Waals surface area contributed by atoms with Crippen molar-refractivity contribution in [2.24, 2.45) is 0 Å². The highest BCUT2D eigenvalue weighted by Crippen LogP contribution is 2.33. The first-order valence-corrected chi connectivity index (χ1v) is 12.0. The summed E-state index contributed by atoms with van der Waals surface area (Å²) in [5.74, 6) is 1.10. The van der Waals surface area contributed by atoms with Gasteiger partial charge < -0.3 is 19.7 Å². The van der Waals surface area contributed by atoms with Gasteiger partial charge in [0.15, 0.2) is 0 Å². The molecule has 10 heteroatoms. The van der Waals surface area contributed by atoms with E-state index in [0.29, 0.717) is 17.2 Å². The molecule has 172 valence electrons. The van der Waals surface area contributed by atoms with Crippen LogP contribution in [0.1, 0.15) is 27.2 Å². The normalized spacial score (nSPS) is 13.1. The number of anilines is 2. The number of amides is 1. The van der Waals surface area contributed by atoms with Crippen LogP contribution >= 0.6 is 0 Å². The van der Waals surface area contributed by atoms with Gasteiger partial charge in [0.2, 0.25) is 15.0 Å². The minimum atomic E-state index is -3.69. The van der Waals surface area contributed by atoms with Crippen molar-refractivity contribution in [3.63, 3.8) is 0 Å². The summed E-state index contributed by atoms with van der Waals surface area (Å²) in [6.07, 6.45) is 1.04. The zero-order valence-electron chi connectivity index (χ0n) is 18.7. The number of hydrogen-bond donors (Lipinski definition) is 1. The van der Waals surface area contributed by atoms with E-state index in [-0.39, 0.29) is 35.5 Å². The quantitative estimate of drug-likeness (QED) is 0.527. The van der Waals surface area contributed by atoms with Gasteiger partial charge in [-0.1, -0.05) is 18.2 Å². The minimum absolute atomic E-state index is 0.150. The van der Waals surface area contributed by atoms with E-state index in [2.05, 4.69) is 15.3 Å². The topological polar surface area (TPSA) is 111 Å². The average molecular weight is 469 g/mol. The number of carbonyl (C=O) groups is 1. The Bertz CT molecular complexity index is 1340. The van der Waals surface area contributed by atoms with E-state index in [1.807, 2.05) is 37.3 Å². The molecule has 0 aliphatic carbocycles. The lowest BCUT2D eigenvalue weighted by molar-refractivity contribution is 0.0766. The molecule has 0 radical (unpaired) electrons. The molecule has 0 saturated heterocycles. The maximum Gasteiger partial charge on any atom is 0.260 e. The number of benzene rings is 2. The molecule has 2 aromatic carbocycles. The summed E-state index contributed by atoms with van der Waals surface area (Å²) in [7, 11) is -0.573. The first kappa shape index (κ1) is 22.5. The Balaban J connectivity index is 1.73. The Kier molecular flexibility index (Phi) is 5.94. The number of ether oxygens (including phenoxy) is 2. The lowest BCUT2D eigenvalue weighted by atomic mass is 10.1. The first-order valence-electron chi connectivity index (χ1n) is 10.1. The molecule has 1 aromatic heterocycles. The van der Waals surface area contributed by atoms with Gasteiger partial charge in [0.25, 0.3) is 5.91 Å². The molecule has 1 aliphatic heterocycles. The summed E-state index contributed by atoms with van der Waals surface area (Å²) < 4.78 is 35.1. The maximum absolute atomic E-state index is 13.4. The molecule has 9 nitrogen and oxygen atoms in total. The Hall–Kier alpha value is -3.66. The molecular formula is C23H24N4O5S. The number of methoxy groups -OCH3 is 2. The van der Waals surface area contributed by atoms with Gasteiger partial charge in [0.1, 0.15) is 22.9 Å². The molecule has 1 N–H and O–H groups in total. The number of nitrogens with one attached hydrogen (secondary N) is 1. The van der Waals surface area contributed by atoms with E-state index in [1.165, 1.54) is 0 Å². The van der Waals surface area contributed by atoms with Crippen LogP contribution in [0.2, 0.25) is 0 Å². The second-order valence-corrected chi connectivity index (χ2v) is 9.64. The van der Waals surface area contributed by atoms with Gasteiger partial charge in [0, 0.05) is 23.6 Å². The van der Waals surface area contributed by atoms with E-state index < -0.39 is 9.84 Å². The molecule has 0 fully saturated rings. The monoisotopic (exact) mass is 468 g/mol. The number of para-hydroxylation sites is 1. The molecule has 0 spiro atoms. The van der Waals surface area contributed by atoms with Crippen molar-refractivity contribution in [2.45, 2.75) is 25.2 Å². The Labute approximate surface area is 192 Å². The number of aryl methyl sites for hydroxylation is 1. The fraction of sp³-hybridized carbons (Fsp3) is 0.261. The van der Waals surface area contributed by atoms with Crippen LogP contribution in [0.5, 0.6) is 11.5 Å². The van der Waals surface area contributed by atoms with Gasteiger partial charge in [-0.3, -0.25) is 4.79 Å². The minimum Gasteiger partial charge on any atom is -0.497 e. The highest BCUT2D eigenvalue weighted by Gasteiger charge is 2.35. The number of aromatic nitrogens is 2. The average Bonchev–Trinajstić information content (AvgIpc) is 3.10. The lowest BCUT2D eigenvalue weighted by Crippen LogP contribution is -2.24. The van der Waals surface area contributed by atoms with Crippen LogP contribution in [0.25, 0.3) is 0 Å². The van der Waals surface area contributed by atoms with Crippen LogP contribution in [0, 0.1) is 6.92 Å². The van der Waals surface area contributed by atoms with Gasteiger partial charge in [0.05, 0.1) is 33.0 Å². The third-order valence-electron chi connectivity index (χ3n) is 5.39. The highest BCUT2D eigenvalue weighted by atomic mass is 32.2. The van der Waals surface area contributed by atoms with Crippen molar-refractivity contribution in [1.29, 1.82) is 0 Å². The van der Waals surface area contributed by atoms with E-state index in [1.54, 1.807) is 31.3 Å². The predicted molar refractivity (Wildman–Crippen MR) is 123 cm³/mol. The molecule has 33 heavy (non-hydrogen) atoms. The molecule has 1 aliphatic rings. The Morgan fingerprint density at radius 3 is 2.52 bits per heavy atom. The summed E-state index contributed by atoms with van der Waals surface area (Å²) >= 11 is 0. The van der Waals surface area contributed by atoms with E-state index in [4.69, 9.17) is 9.47 Å². The van der Waals surface area contributed by atoms with Crippen molar-refractivity contribution in [1.82, 2.24) is 14.9 Å². The van der Waals surface area contributed by atoms with Crippen LogP contribution < -0.4 is 14.8 Å². The number of hydrogen-bond acceptors (Lipinski definition) is 8. The van der Waals surface area contributed by atoms with Gasteiger partial charge in [-0.25, -0.2) is 13.4 Å². The van der Waals surface area contributed by atoms with Crippen LogP contribution in [-0.4, -0.2) is 49.7 Å². The Morgan fingerprint density at radius 1 is 1.09 bits per heavy atom. The van der Waals surface area contributed by atoms with E-state index in [9.17, 15) is 13.2 Å². The van der Waals surface area contributed by atoms with Gasteiger partial charge in [-0.05, 0) is 30.7 Å². The number of fused-ring (bicyclic) bond motifs is 1. The van der Waals surface area contributed by atoms with Crippen LogP contribution in [0.3, 0.4) is 0 Å². The molecule has 0 unspecified atom stereocenters. The van der Waals surface area contributed by atoms with Crippen molar-refractivity contribution < 1.29 is 22.7 Å². The van der Waals surface area contributed by atoms with Crippen molar-refractivity contribution >= 4 is 27.2 Å². The number of nitrogens with zero attached hydrogens (tertiary/aromatic N) is 3. The SMILES string of the molecule is COc1ccc(CN2Cc3nc(S(C)(=O)=O)nc(Nc4ccccc4C)c3C2=O)c(OC)c1. The second-order valence-electron chi connectivity index (χ2n) is 7.73. The highest BCUT2D eigenvalue weighted by molar-refractivity contribution is 7.90. The molecule has 3 aromatic rings. The summed E-state index contributed by atoms with van der Waals surface area (Å²) in [6, 6.07) is 12.8. The second kappa shape index (κ2) is 8.70. The largest absolute Gasteiger partial charge is 0.497 e. The van der Waals surface area contributed by atoms with Gasteiger partial charge >= 0.3 is 0 Å². The van der Waals surface area contributed by atoms with E-state index >= 15 is 0 Å². The summed E-state index contributed by atoms with van der Waals surface area (Å²) in [5.41, 5.74) is 3.05. The zero-order valence-corrected chi connectivity index (χ0v) is 19.6. The summed E-state index contributed by atoms with van der Waals surface area (Å²) in [5, 5.41) is 2.81.